The number of methoxy groups -OCH3 is 1. The minimum atomic E-state index is -3.93. The van der Waals surface area contributed by atoms with Crippen LogP contribution >= 0.6 is 11.8 Å². The Morgan fingerprint density at radius 3 is 2.26 bits per heavy atom. The van der Waals surface area contributed by atoms with Gasteiger partial charge in [-0.2, -0.15) is 4.31 Å². The van der Waals surface area contributed by atoms with E-state index < -0.39 is 28.0 Å². The Balaban J connectivity index is 1.75. The van der Waals surface area contributed by atoms with Crippen molar-refractivity contribution < 1.29 is 23.1 Å². The van der Waals surface area contributed by atoms with Gasteiger partial charge in [0.1, 0.15) is 5.75 Å². The molecule has 0 spiro atoms. The summed E-state index contributed by atoms with van der Waals surface area (Å²) < 4.78 is 34.4. The molecule has 3 aromatic carbocycles. The summed E-state index contributed by atoms with van der Waals surface area (Å²) in [5.74, 6) is -1.13. The Labute approximate surface area is 211 Å². The van der Waals surface area contributed by atoms with E-state index in [9.17, 15) is 18.3 Å². The number of piperidine rings is 1. The van der Waals surface area contributed by atoms with Crippen molar-refractivity contribution in [1.29, 1.82) is 0 Å². The Morgan fingerprint density at radius 2 is 1.66 bits per heavy atom. The molecule has 0 amide bonds. The lowest BCUT2D eigenvalue weighted by molar-refractivity contribution is -0.143. The van der Waals surface area contributed by atoms with Gasteiger partial charge in [0.2, 0.25) is 10.0 Å². The Hall–Kier alpha value is -2.81. The third-order valence-corrected chi connectivity index (χ3v) is 9.84. The number of ether oxygens (including phenoxy) is 1. The van der Waals surface area contributed by atoms with Gasteiger partial charge >= 0.3 is 5.97 Å². The Bertz CT molecular complexity index is 1290. The van der Waals surface area contributed by atoms with E-state index in [1.165, 1.54) is 16.1 Å². The van der Waals surface area contributed by atoms with E-state index in [4.69, 9.17) is 4.74 Å². The summed E-state index contributed by atoms with van der Waals surface area (Å²) in [6.07, 6.45) is 0.377. The van der Waals surface area contributed by atoms with E-state index in [-0.39, 0.29) is 16.7 Å². The maximum absolute atomic E-state index is 13.9. The van der Waals surface area contributed by atoms with Crippen LogP contribution in [0.3, 0.4) is 0 Å². The molecular formula is C27H29NO5S2. The zero-order chi connectivity index (χ0) is 25.2. The van der Waals surface area contributed by atoms with Gasteiger partial charge in [-0.1, -0.05) is 48.0 Å². The molecular weight excluding hydrogens is 482 g/mol. The number of carbonyl (C=O) groups is 1. The van der Waals surface area contributed by atoms with Crippen LogP contribution < -0.4 is 4.74 Å². The molecule has 0 saturated carbocycles. The highest BCUT2D eigenvalue weighted by Crippen LogP contribution is 2.44. The molecule has 6 nitrogen and oxygen atoms in total. The number of nitrogens with zero attached hydrogens (tertiary/aromatic N) is 1. The number of rotatable bonds is 7. The van der Waals surface area contributed by atoms with E-state index in [1.54, 1.807) is 38.3 Å². The van der Waals surface area contributed by atoms with Crippen LogP contribution in [-0.2, 0) is 14.8 Å². The molecule has 0 aliphatic carbocycles. The van der Waals surface area contributed by atoms with Gasteiger partial charge in [-0.05, 0) is 61.7 Å². The average Bonchev–Trinajstić information content (AvgIpc) is 2.84. The first-order valence-electron chi connectivity index (χ1n) is 11.4. The van der Waals surface area contributed by atoms with Gasteiger partial charge in [0.25, 0.3) is 0 Å². The van der Waals surface area contributed by atoms with Crippen molar-refractivity contribution in [1.82, 2.24) is 4.31 Å². The zero-order valence-electron chi connectivity index (χ0n) is 19.9. The maximum Gasteiger partial charge on any atom is 0.308 e. The molecule has 3 aromatic rings. The maximum atomic E-state index is 13.9. The van der Waals surface area contributed by atoms with Crippen molar-refractivity contribution in [2.24, 2.45) is 5.92 Å². The molecule has 1 N–H and O–H groups in total. The molecule has 1 heterocycles. The number of sulfonamides is 1. The highest BCUT2D eigenvalue weighted by atomic mass is 32.2. The van der Waals surface area contributed by atoms with Gasteiger partial charge < -0.3 is 9.84 Å². The van der Waals surface area contributed by atoms with E-state index in [1.807, 2.05) is 55.5 Å². The first-order chi connectivity index (χ1) is 16.7. The molecule has 1 saturated heterocycles. The van der Waals surface area contributed by atoms with E-state index in [2.05, 4.69) is 0 Å². The van der Waals surface area contributed by atoms with E-state index >= 15 is 0 Å². The second-order valence-electron chi connectivity index (χ2n) is 8.78. The van der Waals surface area contributed by atoms with Crippen molar-refractivity contribution in [3.63, 3.8) is 0 Å². The fraction of sp³-hybridized carbons (Fsp3) is 0.296. The number of aryl methyl sites for hydroxylation is 2. The largest absolute Gasteiger partial charge is 0.497 e. The van der Waals surface area contributed by atoms with Gasteiger partial charge in [-0.25, -0.2) is 8.42 Å². The lowest BCUT2D eigenvalue weighted by Gasteiger charge is -2.42. The number of hydrogen-bond donors (Lipinski definition) is 1. The van der Waals surface area contributed by atoms with Crippen molar-refractivity contribution in [2.75, 3.05) is 13.7 Å². The van der Waals surface area contributed by atoms with Gasteiger partial charge in [0.05, 0.1) is 24.0 Å². The van der Waals surface area contributed by atoms with Gasteiger partial charge in [-0.3, -0.25) is 4.79 Å². The highest BCUT2D eigenvalue weighted by Gasteiger charge is 2.45. The first kappa shape index (κ1) is 25.3. The molecule has 35 heavy (non-hydrogen) atoms. The number of benzene rings is 3. The molecule has 1 aliphatic rings. The summed E-state index contributed by atoms with van der Waals surface area (Å²) in [6, 6.07) is 21.6. The van der Waals surface area contributed by atoms with Crippen molar-refractivity contribution in [3.05, 3.63) is 89.5 Å². The molecule has 0 bridgehead atoms. The quantitative estimate of drug-likeness (QED) is 0.463. The van der Waals surface area contributed by atoms with Crippen LogP contribution in [0, 0.1) is 19.8 Å². The van der Waals surface area contributed by atoms with Gasteiger partial charge in [0.15, 0.2) is 0 Å². The molecule has 3 atom stereocenters. The first-order valence-corrected chi connectivity index (χ1v) is 13.7. The predicted octanol–water partition coefficient (Wildman–Crippen LogP) is 5.31. The Kier molecular flexibility index (Phi) is 7.54. The van der Waals surface area contributed by atoms with Crippen molar-refractivity contribution in [2.45, 2.75) is 41.4 Å². The van der Waals surface area contributed by atoms with Crippen LogP contribution in [0.25, 0.3) is 0 Å². The fourth-order valence-corrected chi connectivity index (χ4v) is 7.63. The number of hydrogen-bond acceptors (Lipinski definition) is 5. The Morgan fingerprint density at radius 1 is 1.00 bits per heavy atom. The molecule has 4 rings (SSSR count). The summed E-state index contributed by atoms with van der Waals surface area (Å²) in [7, 11) is -2.33. The number of aliphatic carboxylic acids is 1. The summed E-state index contributed by atoms with van der Waals surface area (Å²) in [4.78, 5) is 13.5. The minimum absolute atomic E-state index is 0.0988. The second-order valence-corrected chi connectivity index (χ2v) is 12.0. The monoisotopic (exact) mass is 511 g/mol. The van der Waals surface area contributed by atoms with Crippen LogP contribution in [0.2, 0.25) is 0 Å². The molecule has 184 valence electrons. The smallest absolute Gasteiger partial charge is 0.308 e. The topological polar surface area (TPSA) is 83.9 Å². The summed E-state index contributed by atoms with van der Waals surface area (Å²) >= 11 is 1.48. The van der Waals surface area contributed by atoms with Crippen LogP contribution in [0.4, 0.5) is 0 Å². The van der Waals surface area contributed by atoms with Crippen LogP contribution in [-0.4, -0.2) is 42.7 Å². The van der Waals surface area contributed by atoms with E-state index in [0.717, 1.165) is 21.8 Å². The second kappa shape index (κ2) is 10.4. The summed E-state index contributed by atoms with van der Waals surface area (Å²) in [6.45, 7) is 3.64. The van der Waals surface area contributed by atoms with Crippen LogP contribution in [0.5, 0.6) is 5.75 Å². The standard InChI is InChI=1S/C27H29NO5S2/c1-18-8-10-20(11-9-18)24-16-25(34-22-14-12-21(33-3)13-15-22)23(27(29)30)17-28(24)35(31,32)26-7-5-4-6-19(26)2/h4-15,23-25H,16-17H2,1-3H3,(H,29,30)/t23-,24+,25-/m1/s1. The molecule has 0 aromatic heterocycles. The molecule has 0 radical (unpaired) electrons. The molecule has 0 unspecified atom stereocenters. The molecule has 1 aliphatic heterocycles. The number of carboxylic acids is 1. The lowest BCUT2D eigenvalue weighted by Crippen LogP contribution is -2.49. The van der Waals surface area contributed by atoms with Crippen LogP contribution in [0.1, 0.15) is 29.2 Å². The zero-order valence-corrected chi connectivity index (χ0v) is 21.6. The van der Waals surface area contributed by atoms with Gasteiger partial charge in [-0.15, -0.1) is 11.8 Å². The molecule has 1 fully saturated rings. The third kappa shape index (κ3) is 5.39. The van der Waals surface area contributed by atoms with Crippen molar-refractivity contribution in [3.8, 4) is 5.75 Å². The lowest BCUT2D eigenvalue weighted by atomic mass is 9.90. The van der Waals surface area contributed by atoms with Crippen molar-refractivity contribution >= 4 is 27.8 Å². The fourth-order valence-electron chi connectivity index (χ4n) is 4.47. The predicted molar refractivity (Wildman–Crippen MR) is 137 cm³/mol. The van der Waals surface area contributed by atoms with E-state index in [0.29, 0.717) is 12.0 Å². The minimum Gasteiger partial charge on any atom is -0.497 e. The molecule has 8 heteroatoms. The normalized spacial score (nSPS) is 20.9. The highest BCUT2D eigenvalue weighted by molar-refractivity contribution is 8.00. The number of thioether (sulfide) groups is 1. The van der Waals surface area contributed by atoms with Gasteiger partial charge in [0, 0.05) is 16.7 Å². The SMILES string of the molecule is COc1ccc(S[C@@H]2C[C@@H](c3ccc(C)cc3)N(S(=O)(=O)c3ccccc3C)C[C@H]2C(=O)O)cc1. The summed E-state index contributed by atoms with van der Waals surface area (Å²) in [5.41, 5.74) is 2.57. The van der Waals surface area contributed by atoms with Crippen LogP contribution in [0.15, 0.2) is 82.6 Å². The number of carboxylic acid groups (broad SMARTS) is 1. The summed E-state index contributed by atoms with van der Waals surface area (Å²) in [5, 5.41) is 9.81. The third-order valence-electron chi connectivity index (χ3n) is 6.44. The average molecular weight is 512 g/mol.